The number of fused-ring (bicyclic) bond motifs is 1. The highest BCUT2D eigenvalue weighted by Crippen LogP contribution is 2.22. The summed E-state index contributed by atoms with van der Waals surface area (Å²) in [5.74, 6) is -0.621. The molecule has 1 atom stereocenters. The Morgan fingerprint density at radius 2 is 1.93 bits per heavy atom. The van der Waals surface area contributed by atoms with Crippen LogP contribution < -0.4 is 5.32 Å². The van der Waals surface area contributed by atoms with Crippen molar-refractivity contribution in [3.8, 4) is 0 Å². The first-order valence-corrected chi connectivity index (χ1v) is 8.91. The van der Waals surface area contributed by atoms with Gasteiger partial charge in [0.25, 0.3) is 5.91 Å². The number of pyridine rings is 1. The zero-order chi connectivity index (χ0) is 19.4. The van der Waals surface area contributed by atoms with Gasteiger partial charge in [-0.2, -0.15) is 0 Å². The highest BCUT2D eigenvalue weighted by Gasteiger charge is 2.27. The largest absolute Gasteiger partial charge is 0.346 e. The molecule has 138 valence electrons. The lowest BCUT2D eigenvalue weighted by Gasteiger charge is -2.31. The summed E-state index contributed by atoms with van der Waals surface area (Å²) in [5, 5.41) is 3.74. The standard InChI is InChI=1S/C23H23FN2O/c1-16(2)13-23(3,14-17-8-5-4-6-9-17)26-22(27)19-12-18-10-7-11-20(24)21(18)25-15-19/h4-12,15H,1,13-14H2,2-3H3,(H,26,27)/t23-/m1/s1. The van der Waals surface area contributed by atoms with Gasteiger partial charge >= 0.3 is 0 Å². The Bertz CT molecular complexity index is 984. The highest BCUT2D eigenvalue weighted by molar-refractivity contribution is 5.97. The third-order valence-corrected chi connectivity index (χ3v) is 4.47. The molecule has 0 fully saturated rings. The zero-order valence-electron chi connectivity index (χ0n) is 15.6. The smallest absolute Gasteiger partial charge is 0.253 e. The van der Waals surface area contributed by atoms with Crippen LogP contribution in [-0.2, 0) is 6.42 Å². The summed E-state index contributed by atoms with van der Waals surface area (Å²) in [7, 11) is 0. The monoisotopic (exact) mass is 362 g/mol. The van der Waals surface area contributed by atoms with Crippen molar-refractivity contribution in [1.29, 1.82) is 0 Å². The Hall–Kier alpha value is -3.01. The number of nitrogens with zero attached hydrogens (tertiary/aromatic N) is 1. The zero-order valence-corrected chi connectivity index (χ0v) is 15.6. The Morgan fingerprint density at radius 3 is 2.63 bits per heavy atom. The molecule has 0 spiro atoms. The SMILES string of the molecule is C=C(C)C[C@](C)(Cc1ccccc1)NC(=O)c1cnc2c(F)cccc2c1. The molecule has 0 aliphatic rings. The van der Waals surface area contributed by atoms with E-state index in [2.05, 4.69) is 16.9 Å². The molecule has 1 heterocycles. The third-order valence-electron chi connectivity index (χ3n) is 4.47. The van der Waals surface area contributed by atoms with Gasteiger partial charge in [-0.25, -0.2) is 4.39 Å². The lowest BCUT2D eigenvalue weighted by atomic mass is 9.86. The number of amides is 1. The van der Waals surface area contributed by atoms with E-state index >= 15 is 0 Å². The molecular weight excluding hydrogens is 339 g/mol. The number of rotatable bonds is 6. The molecule has 0 saturated carbocycles. The molecule has 0 aliphatic carbocycles. The van der Waals surface area contributed by atoms with Crippen molar-refractivity contribution in [1.82, 2.24) is 10.3 Å². The number of hydrogen-bond donors (Lipinski definition) is 1. The van der Waals surface area contributed by atoms with E-state index in [1.807, 2.05) is 44.2 Å². The molecule has 1 aromatic heterocycles. The Labute approximate surface area is 158 Å². The van der Waals surface area contributed by atoms with Crippen LogP contribution in [0.15, 0.2) is 72.9 Å². The lowest BCUT2D eigenvalue weighted by Crippen LogP contribution is -2.48. The van der Waals surface area contributed by atoms with Crippen LogP contribution in [0, 0.1) is 5.82 Å². The van der Waals surface area contributed by atoms with Gasteiger partial charge in [0.15, 0.2) is 0 Å². The van der Waals surface area contributed by atoms with Crippen molar-refractivity contribution in [2.24, 2.45) is 0 Å². The molecule has 0 saturated heterocycles. The van der Waals surface area contributed by atoms with Gasteiger partial charge in [-0.1, -0.05) is 48.0 Å². The number of hydrogen-bond acceptors (Lipinski definition) is 2. The van der Waals surface area contributed by atoms with Crippen LogP contribution in [0.5, 0.6) is 0 Å². The maximum atomic E-state index is 13.8. The van der Waals surface area contributed by atoms with Crippen LogP contribution in [0.3, 0.4) is 0 Å². The summed E-state index contributed by atoms with van der Waals surface area (Å²) in [5.41, 5.74) is 2.33. The second-order valence-electron chi connectivity index (χ2n) is 7.35. The van der Waals surface area contributed by atoms with E-state index in [0.29, 0.717) is 23.8 Å². The van der Waals surface area contributed by atoms with Crippen LogP contribution in [-0.4, -0.2) is 16.4 Å². The van der Waals surface area contributed by atoms with Crippen molar-refractivity contribution in [2.45, 2.75) is 32.2 Å². The Balaban J connectivity index is 1.86. The number of halogens is 1. The fourth-order valence-electron chi connectivity index (χ4n) is 3.46. The Morgan fingerprint density at radius 1 is 1.19 bits per heavy atom. The van der Waals surface area contributed by atoms with Crippen LogP contribution in [0.25, 0.3) is 10.9 Å². The summed E-state index contributed by atoms with van der Waals surface area (Å²) in [6.07, 6.45) is 2.76. The molecule has 3 nitrogen and oxygen atoms in total. The molecule has 0 unspecified atom stereocenters. The second kappa shape index (κ2) is 7.70. The van der Waals surface area contributed by atoms with E-state index in [9.17, 15) is 9.18 Å². The molecular formula is C23H23FN2O. The number of nitrogens with one attached hydrogen (secondary N) is 1. The van der Waals surface area contributed by atoms with Crippen molar-refractivity contribution in [2.75, 3.05) is 0 Å². The van der Waals surface area contributed by atoms with Gasteiger partial charge in [-0.05, 0) is 44.4 Å². The average Bonchev–Trinajstić information content (AvgIpc) is 2.61. The summed E-state index contributed by atoms with van der Waals surface area (Å²) in [4.78, 5) is 17.0. The predicted octanol–water partition coefficient (Wildman–Crippen LogP) is 5.07. The molecule has 0 radical (unpaired) electrons. The van der Waals surface area contributed by atoms with Crippen LogP contribution in [0.4, 0.5) is 4.39 Å². The minimum absolute atomic E-state index is 0.228. The molecule has 27 heavy (non-hydrogen) atoms. The van der Waals surface area contributed by atoms with E-state index in [1.165, 1.54) is 12.3 Å². The van der Waals surface area contributed by atoms with E-state index in [0.717, 1.165) is 11.1 Å². The van der Waals surface area contributed by atoms with Gasteiger partial charge in [-0.3, -0.25) is 9.78 Å². The quantitative estimate of drug-likeness (QED) is 0.622. The van der Waals surface area contributed by atoms with Gasteiger partial charge in [0.1, 0.15) is 11.3 Å². The summed E-state index contributed by atoms with van der Waals surface area (Å²) < 4.78 is 13.8. The molecule has 4 heteroatoms. The van der Waals surface area contributed by atoms with E-state index in [-0.39, 0.29) is 11.4 Å². The van der Waals surface area contributed by atoms with Crippen LogP contribution in [0.2, 0.25) is 0 Å². The van der Waals surface area contributed by atoms with Crippen LogP contribution in [0.1, 0.15) is 36.2 Å². The molecule has 1 amide bonds. The first kappa shape index (κ1) is 18.8. The van der Waals surface area contributed by atoms with E-state index in [1.54, 1.807) is 18.2 Å². The summed E-state index contributed by atoms with van der Waals surface area (Å²) in [6, 6.07) is 16.4. The van der Waals surface area contributed by atoms with Crippen LogP contribution >= 0.6 is 0 Å². The van der Waals surface area contributed by atoms with E-state index in [4.69, 9.17) is 0 Å². The number of benzene rings is 2. The van der Waals surface area contributed by atoms with E-state index < -0.39 is 11.4 Å². The fourth-order valence-corrected chi connectivity index (χ4v) is 3.46. The Kier molecular flexibility index (Phi) is 5.36. The van der Waals surface area contributed by atoms with Gasteiger partial charge < -0.3 is 5.32 Å². The maximum Gasteiger partial charge on any atom is 0.253 e. The van der Waals surface area contributed by atoms with Crippen molar-refractivity contribution >= 4 is 16.8 Å². The molecule has 0 bridgehead atoms. The van der Waals surface area contributed by atoms with Crippen molar-refractivity contribution < 1.29 is 9.18 Å². The third kappa shape index (κ3) is 4.59. The number of aromatic nitrogens is 1. The minimum atomic E-state index is -0.485. The molecule has 3 rings (SSSR count). The predicted molar refractivity (Wildman–Crippen MR) is 107 cm³/mol. The molecule has 0 aliphatic heterocycles. The fraction of sp³-hybridized carbons (Fsp3) is 0.217. The van der Waals surface area contributed by atoms with Gasteiger partial charge in [0.05, 0.1) is 5.56 Å². The maximum absolute atomic E-state index is 13.8. The number of para-hydroxylation sites is 1. The summed E-state index contributed by atoms with van der Waals surface area (Å²) >= 11 is 0. The first-order chi connectivity index (χ1) is 12.9. The molecule has 2 aromatic carbocycles. The van der Waals surface area contributed by atoms with Crippen molar-refractivity contribution in [3.05, 3.63) is 89.9 Å². The van der Waals surface area contributed by atoms with Gasteiger partial charge in [0, 0.05) is 17.1 Å². The number of carbonyl (C=O) groups excluding carboxylic acids is 1. The van der Waals surface area contributed by atoms with Gasteiger partial charge in [0.2, 0.25) is 0 Å². The average molecular weight is 362 g/mol. The molecule has 1 N–H and O–H groups in total. The van der Waals surface area contributed by atoms with Crippen molar-refractivity contribution in [3.63, 3.8) is 0 Å². The molecule has 3 aromatic rings. The normalized spacial score (nSPS) is 13.1. The summed E-state index contributed by atoms with van der Waals surface area (Å²) in [6.45, 7) is 7.98. The minimum Gasteiger partial charge on any atom is -0.346 e. The number of carbonyl (C=O) groups is 1. The topological polar surface area (TPSA) is 42.0 Å². The highest BCUT2D eigenvalue weighted by atomic mass is 19.1. The lowest BCUT2D eigenvalue weighted by molar-refractivity contribution is 0.0905. The van der Waals surface area contributed by atoms with Gasteiger partial charge in [-0.15, -0.1) is 6.58 Å². The first-order valence-electron chi connectivity index (χ1n) is 8.91. The second-order valence-corrected chi connectivity index (χ2v) is 7.35.